The van der Waals surface area contributed by atoms with Gasteiger partial charge in [-0.2, -0.15) is 0 Å². The lowest BCUT2D eigenvalue weighted by molar-refractivity contribution is -0.161. The number of nitrogens with two attached hydrogens (primary N) is 1. The summed E-state index contributed by atoms with van der Waals surface area (Å²) in [6, 6.07) is 0. The minimum Gasteiger partial charge on any atom is -0.462 e. The third-order valence-corrected chi connectivity index (χ3v) is 11.4. The fraction of sp³-hybridized carbons (Fsp3) is 0.673. The van der Waals surface area contributed by atoms with Crippen LogP contribution in [0.25, 0.3) is 0 Å². The minimum atomic E-state index is -4.40. The van der Waals surface area contributed by atoms with E-state index in [1.165, 1.54) is 89.9 Å². The molecule has 9 nitrogen and oxygen atoms in total. The number of hydrogen-bond acceptors (Lipinski definition) is 8. The molecule has 0 aromatic rings. The zero-order valence-corrected chi connectivity index (χ0v) is 42.1. The molecule has 0 aliphatic heterocycles. The van der Waals surface area contributed by atoms with E-state index in [1.807, 2.05) is 0 Å². The number of esters is 2. The van der Waals surface area contributed by atoms with E-state index in [2.05, 4.69) is 111 Å². The predicted octanol–water partition coefficient (Wildman–Crippen LogP) is 15.7. The number of carbonyl (C=O) groups is 2. The molecular weight excluding hydrogens is 834 g/mol. The van der Waals surface area contributed by atoms with Gasteiger partial charge >= 0.3 is 19.8 Å². The van der Waals surface area contributed by atoms with Crippen LogP contribution in [0.4, 0.5) is 0 Å². The highest BCUT2D eigenvalue weighted by molar-refractivity contribution is 7.47. The van der Waals surface area contributed by atoms with Gasteiger partial charge in [-0.25, -0.2) is 4.57 Å². The SMILES string of the molecule is CC/C=C\C/C=C\C/C=C\C/C=C\C/C=C\C/C=C\CCCCC(=O)OC(COC(=O)CCCCCCCCCCCCC/C=C\C/C=C\CCCCCCC)COP(=O)(O)OCCN. The van der Waals surface area contributed by atoms with Crippen LogP contribution in [0.2, 0.25) is 0 Å². The first-order chi connectivity index (χ1) is 31.8. The van der Waals surface area contributed by atoms with Crippen LogP contribution in [0.5, 0.6) is 0 Å². The van der Waals surface area contributed by atoms with Crippen molar-refractivity contribution in [2.75, 3.05) is 26.4 Å². The molecule has 10 heteroatoms. The lowest BCUT2D eigenvalue weighted by Gasteiger charge is -2.19. The molecule has 0 spiro atoms. The van der Waals surface area contributed by atoms with Gasteiger partial charge in [0.25, 0.3) is 0 Å². The van der Waals surface area contributed by atoms with Gasteiger partial charge in [-0.3, -0.25) is 18.6 Å². The van der Waals surface area contributed by atoms with E-state index >= 15 is 0 Å². The highest BCUT2D eigenvalue weighted by Crippen LogP contribution is 2.43. The van der Waals surface area contributed by atoms with Gasteiger partial charge in [0.05, 0.1) is 13.2 Å². The summed E-state index contributed by atoms with van der Waals surface area (Å²) in [5, 5.41) is 0. The van der Waals surface area contributed by atoms with Gasteiger partial charge in [0, 0.05) is 19.4 Å². The third-order valence-electron chi connectivity index (χ3n) is 10.5. The van der Waals surface area contributed by atoms with Crippen molar-refractivity contribution in [2.24, 2.45) is 5.73 Å². The second kappa shape index (κ2) is 50.3. The third kappa shape index (κ3) is 50.2. The van der Waals surface area contributed by atoms with Crippen LogP contribution in [0.1, 0.15) is 206 Å². The maximum Gasteiger partial charge on any atom is 0.472 e. The van der Waals surface area contributed by atoms with Crippen LogP contribution in [-0.4, -0.2) is 49.3 Å². The first-order valence-corrected chi connectivity index (χ1v) is 27.2. The zero-order chi connectivity index (χ0) is 47.4. The van der Waals surface area contributed by atoms with Crippen LogP contribution in [0.15, 0.2) is 97.2 Å². The Morgan fingerprint density at radius 2 is 0.846 bits per heavy atom. The van der Waals surface area contributed by atoms with E-state index < -0.39 is 32.5 Å². The molecule has 0 bridgehead atoms. The Morgan fingerprint density at radius 3 is 1.29 bits per heavy atom. The molecule has 0 radical (unpaired) electrons. The fourth-order valence-electron chi connectivity index (χ4n) is 6.67. The summed E-state index contributed by atoms with van der Waals surface area (Å²) in [6.45, 7) is 3.56. The van der Waals surface area contributed by atoms with E-state index in [1.54, 1.807) is 0 Å². The van der Waals surface area contributed by atoms with Gasteiger partial charge in [-0.1, -0.05) is 195 Å². The van der Waals surface area contributed by atoms with Crippen LogP contribution < -0.4 is 5.73 Å². The lowest BCUT2D eigenvalue weighted by atomic mass is 10.0. The summed E-state index contributed by atoms with van der Waals surface area (Å²) < 4.78 is 32.9. The van der Waals surface area contributed by atoms with Gasteiger partial charge in [-0.15, -0.1) is 0 Å². The largest absolute Gasteiger partial charge is 0.472 e. The molecule has 372 valence electrons. The number of unbranched alkanes of at least 4 members (excludes halogenated alkanes) is 18. The van der Waals surface area contributed by atoms with Gasteiger partial charge < -0.3 is 20.1 Å². The van der Waals surface area contributed by atoms with Gasteiger partial charge in [0.1, 0.15) is 6.61 Å². The molecule has 0 aliphatic carbocycles. The predicted molar refractivity (Wildman–Crippen MR) is 275 cm³/mol. The Hall–Kier alpha value is -3.07. The second-order valence-electron chi connectivity index (χ2n) is 16.7. The molecule has 3 N–H and O–H groups in total. The van der Waals surface area contributed by atoms with Crippen molar-refractivity contribution in [3.63, 3.8) is 0 Å². The topological polar surface area (TPSA) is 134 Å². The molecule has 65 heavy (non-hydrogen) atoms. The van der Waals surface area contributed by atoms with Crippen molar-refractivity contribution in [3.05, 3.63) is 97.2 Å². The highest BCUT2D eigenvalue weighted by Gasteiger charge is 2.26. The Kier molecular flexibility index (Phi) is 48.0. The minimum absolute atomic E-state index is 0.0408. The number of carbonyl (C=O) groups excluding carboxylic acids is 2. The molecule has 2 atom stereocenters. The van der Waals surface area contributed by atoms with E-state index in [4.69, 9.17) is 24.3 Å². The average Bonchev–Trinajstić information content (AvgIpc) is 3.30. The van der Waals surface area contributed by atoms with Crippen molar-refractivity contribution < 1.29 is 37.6 Å². The normalized spacial score (nSPS) is 14.0. The van der Waals surface area contributed by atoms with Crippen molar-refractivity contribution >= 4 is 19.8 Å². The molecule has 0 fully saturated rings. The van der Waals surface area contributed by atoms with Crippen LogP contribution in [0.3, 0.4) is 0 Å². The summed E-state index contributed by atoms with van der Waals surface area (Å²) in [6.07, 6.45) is 65.9. The number of rotatable bonds is 47. The molecule has 0 rings (SSSR count). The summed E-state index contributed by atoms with van der Waals surface area (Å²) >= 11 is 0. The molecule has 0 heterocycles. The van der Waals surface area contributed by atoms with E-state index in [-0.39, 0.29) is 32.6 Å². The highest BCUT2D eigenvalue weighted by atomic mass is 31.2. The number of hydrogen-bond donors (Lipinski definition) is 2. The van der Waals surface area contributed by atoms with Crippen molar-refractivity contribution in [3.8, 4) is 0 Å². The van der Waals surface area contributed by atoms with E-state index in [0.29, 0.717) is 6.42 Å². The van der Waals surface area contributed by atoms with Crippen LogP contribution in [-0.2, 0) is 32.7 Å². The standard InChI is InChI=1S/C55H94NO8P/c1-3-5-7-9-11-13-15-17-19-21-23-25-26-28-29-31-33-35-37-39-41-43-45-47-54(57)61-51-53(52-63-65(59,60)62-50-49-56)64-55(58)48-46-44-42-40-38-36-34-32-30-27-24-22-20-18-16-14-12-10-8-6-4-2/h6,8,12,14-15,17-18,20-21,23-24,27,32,34,38,40,53H,3-5,7,9-11,13,16,19,22,25-26,28-31,33,35-37,39,41-52,56H2,1-2H3,(H,59,60)/b8-6-,14-12-,17-15-,20-18-,23-21-,27-24-,34-32-,40-38-. The van der Waals surface area contributed by atoms with Crippen molar-refractivity contribution in [2.45, 2.75) is 213 Å². The molecule has 0 aromatic heterocycles. The fourth-order valence-corrected chi connectivity index (χ4v) is 7.43. The zero-order valence-electron chi connectivity index (χ0n) is 41.2. The van der Waals surface area contributed by atoms with E-state index in [0.717, 1.165) is 83.5 Å². The molecule has 0 saturated carbocycles. The van der Waals surface area contributed by atoms with Crippen LogP contribution >= 0.6 is 7.82 Å². The van der Waals surface area contributed by atoms with Crippen molar-refractivity contribution in [1.29, 1.82) is 0 Å². The molecule has 0 amide bonds. The summed E-state index contributed by atoms with van der Waals surface area (Å²) in [5.74, 6) is -0.886. The van der Waals surface area contributed by atoms with E-state index in [9.17, 15) is 19.0 Å². The quantitative estimate of drug-likeness (QED) is 0.0265. The summed E-state index contributed by atoms with van der Waals surface area (Å²) in [7, 11) is -4.40. The first kappa shape index (κ1) is 61.9. The average molecular weight is 928 g/mol. The molecule has 0 saturated heterocycles. The number of phosphoric acid groups is 1. The lowest BCUT2D eigenvalue weighted by Crippen LogP contribution is -2.29. The van der Waals surface area contributed by atoms with Crippen molar-refractivity contribution in [1.82, 2.24) is 0 Å². The summed E-state index contributed by atoms with van der Waals surface area (Å²) in [4.78, 5) is 35.1. The van der Waals surface area contributed by atoms with Gasteiger partial charge in [-0.05, 0) is 96.3 Å². The maximum atomic E-state index is 12.6. The first-order valence-electron chi connectivity index (χ1n) is 25.7. The Balaban J connectivity index is 4.14. The molecule has 0 aromatic carbocycles. The van der Waals surface area contributed by atoms with Gasteiger partial charge in [0.2, 0.25) is 0 Å². The number of ether oxygens (including phenoxy) is 2. The Labute approximate surface area is 397 Å². The maximum absolute atomic E-state index is 12.6. The molecular formula is C55H94NO8P. The molecule has 0 aliphatic rings. The Morgan fingerprint density at radius 1 is 0.477 bits per heavy atom. The smallest absolute Gasteiger partial charge is 0.462 e. The van der Waals surface area contributed by atoms with Crippen LogP contribution in [0, 0.1) is 0 Å². The van der Waals surface area contributed by atoms with Gasteiger partial charge in [0.15, 0.2) is 6.10 Å². The number of allylic oxidation sites excluding steroid dienone is 16. The monoisotopic (exact) mass is 928 g/mol. The summed E-state index contributed by atoms with van der Waals surface area (Å²) in [5.41, 5.74) is 5.36. The molecule has 2 unspecified atom stereocenters. The Bertz CT molecular complexity index is 1380. The second-order valence-corrected chi connectivity index (χ2v) is 18.1. The number of phosphoric ester groups is 1.